The van der Waals surface area contributed by atoms with Crippen molar-refractivity contribution in [1.29, 1.82) is 0 Å². The predicted molar refractivity (Wildman–Crippen MR) is 59.1 cm³/mol. The minimum atomic E-state index is -0.864. The lowest BCUT2D eigenvalue weighted by Gasteiger charge is -2.01. The summed E-state index contributed by atoms with van der Waals surface area (Å²) < 4.78 is 1.09. The molecule has 1 amide bonds. The van der Waals surface area contributed by atoms with Crippen molar-refractivity contribution in [3.8, 4) is 11.6 Å². The SMILES string of the molecule is NC(=O)c1nn(-c2ccccc2)c(O)c1C=O. The van der Waals surface area contributed by atoms with E-state index < -0.39 is 11.8 Å². The van der Waals surface area contributed by atoms with Crippen molar-refractivity contribution in [3.63, 3.8) is 0 Å². The smallest absolute Gasteiger partial charge is 0.270 e. The van der Waals surface area contributed by atoms with Crippen molar-refractivity contribution < 1.29 is 14.7 Å². The number of hydrogen-bond acceptors (Lipinski definition) is 4. The first-order valence-corrected chi connectivity index (χ1v) is 4.77. The maximum Gasteiger partial charge on any atom is 0.270 e. The molecule has 0 spiro atoms. The molecular formula is C11H9N3O3. The molecule has 0 bridgehead atoms. The van der Waals surface area contributed by atoms with Gasteiger partial charge in [0.2, 0.25) is 5.88 Å². The number of nitrogens with two attached hydrogens (primary N) is 1. The highest BCUT2D eigenvalue weighted by molar-refractivity contribution is 6.00. The van der Waals surface area contributed by atoms with Crippen LogP contribution in [0.5, 0.6) is 5.88 Å². The van der Waals surface area contributed by atoms with E-state index in [2.05, 4.69) is 5.10 Å². The summed E-state index contributed by atoms with van der Waals surface area (Å²) in [5, 5.41) is 13.6. The number of hydrogen-bond donors (Lipinski definition) is 2. The van der Waals surface area contributed by atoms with Crippen LogP contribution in [0.3, 0.4) is 0 Å². The van der Waals surface area contributed by atoms with E-state index in [1.807, 2.05) is 0 Å². The number of aromatic hydroxyl groups is 1. The molecule has 17 heavy (non-hydrogen) atoms. The van der Waals surface area contributed by atoms with Gasteiger partial charge in [-0.15, -0.1) is 0 Å². The highest BCUT2D eigenvalue weighted by Gasteiger charge is 2.21. The Balaban J connectivity index is 2.65. The first-order valence-electron chi connectivity index (χ1n) is 4.77. The summed E-state index contributed by atoms with van der Waals surface area (Å²) in [6, 6.07) is 8.61. The lowest BCUT2D eigenvalue weighted by atomic mass is 10.2. The average Bonchev–Trinajstić information content (AvgIpc) is 2.67. The van der Waals surface area contributed by atoms with Crippen LogP contribution in [0.1, 0.15) is 20.8 Å². The quantitative estimate of drug-likeness (QED) is 0.751. The Hall–Kier alpha value is -2.63. The van der Waals surface area contributed by atoms with E-state index in [4.69, 9.17) is 5.73 Å². The number of para-hydroxylation sites is 1. The normalized spacial score (nSPS) is 10.1. The topological polar surface area (TPSA) is 98.2 Å². The molecule has 3 N–H and O–H groups in total. The van der Waals surface area contributed by atoms with Crippen molar-refractivity contribution in [2.45, 2.75) is 0 Å². The molecule has 1 aromatic heterocycles. The van der Waals surface area contributed by atoms with Crippen LogP contribution in [0.15, 0.2) is 30.3 Å². The van der Waals surface area contributed by atoms with E-state index in [0.29, 0.717) is 12.0 Å². The fourth-order valence-corrected chi connectivity index (χ4v) is 1.46. The number of carbonyl (C=O) groups excluding carboxylic acids is 2. The minimum Gasteiger partial charge on any atom is -0.493 e. The van der Waals surface area contributed by atoms with Crippen molar-refractivity contribution in [1.82, 2.24) is 9.78 Å². The van der Waals surface area contributed by atoms with Gasteiger partial charge in [0.25, 0.3) is 5.91 Å². The summed E-state index contributed by atoms with van der Waals surface area (Å²) in [6.07, 6.45) is 0.349. The first-order chi connectivity index (χ1) is 8.15. The van der Waals surface area contributed by atoms with Crippen molar-refractivity contribution >= 4 is 12.2 Å². The summed E-state index contributed by atoms with van der Waals surface area (Å²) >= 11 is 0. The summed E-state index contributed by atoms with van der Waals surface area (Å²) in [4.78, 5) is 21.8. The van der Waals surface area contributed by atoms with Gasteiger partial charge < -0.3 is 10.8 Å². The second-order valence-corrected chi connectivity index (χ2v) is 3.32. The first kappa shape index (κ1) is 10.9. The molecule has 0 saturated carbocycles. The van der Waals surface area contributed by atoms with Crippen LogP contribution in [0, 0.1) is 0 Å². The number of nitrogens with zero attached hydrogens (tertiary/aromatic N) is 2. The Labute approximate surface area is 96.3 Å². The summed E-state index contributed by atoms with van der Waals surface area (Å²) in [7, 11) is 0. The Bertz CT molecular complexity index is 575. The van der Waals surface area contributed by atoms with Crippen molar-refractivity contribution in [2.75, 3.05) is 0 Å². The summed E-state index contributed by atoms with van der Waals surface area (Å²) in [5.41, 5.74) is 5.14. The largest absolute Gasteiger partial charge is 0.493 e. The third-order valence-corrected chi connectivity index (χ3v) is 2.25. The Morgan fingerprint density at radius 3 is 2.47 bits per heavy atom. The molecule has 6 heteroatoms. The molecule has 2 rings (SSSR count). The zero-order valence-corrected chi connectivity index (χ0v) is 8.70. The van der Waals surface area contributed by atoms with E-state index in [1.165, 1.54) is 0 Å². The van der Waals surface area contributed by atoms with Gasteiger partial charge in [0, 0.05) is 0 Å². The molecule has 0 radical (unpaired) electrons. The van der Waals surface area contributed by atoms with E-state index in [0.717, 1.165) is 4.68 Å². The lowest BCUT2D eigenvalue weighted by molar-refractivity contribution is 0.0988. The maximum atomic E-state index is 11.1. The number of amides is 1. The van der Waals surface area contributed by atoms with E-state index >= 15 is 0 Å². The average molecular weight is 231 g/mol. The zero-order valence-electron chi connectivity index (χ0n) is 8.70. The number of benzene rings is 1. The van der Waals surface area contributed by atoms with Gasteiger partial charge in [0.1, 0.15) is 5.56 Å². The minimum absolute atomic E-state index is 0.207. The molecule has 0 saturated heterocycles. The molecule has 0 aliphatic rings. The standard InChI is InChI=1S/C11H9N3O3/c12-10(16)9-8(6-15)11(17)14(13-9)7-4-2-1-3-5-7/h1-6,17H,(H2,12,16). The number of rotatable bonds is 3. The van der Waals surface area contributed by atoms with Crippen LogP contribution in [0.4, 0.5) is 0 Å². The van der Waals surface area contributed by atoms with Gasteiger partial charge in [-0.1, -0.05) is 18.2 Å². The molecular weight excluding hydrogens is 222 g/mol. The summed E-state index contributed by atoms with van der Waals surface area (Å²) in [5.74, 6) is -1.27. The zero-order chi connectivity index (χ0) is 12.4. The molecule has 0 fully saturated rings. The second kappa shape index (κ2) is 4.09. The molecule has 1 heterocycles. The van der Waals surface area contributed by atoms with Crippen LogP contribution < -0.4 is 5.73 Å². The molecule has 86 valence electrons. The van der Waals surface area contributed by atoms with E-state index in [1.54, 1.807) is 30.3 Å². The molecule has 0 atom stereocenters. The van der Waals surface area contributed by atoms with E-state index in [9.17, 15) is 14.7 Å². The van der Waals surface area contributed by atoms with Gasteiger partial charge in [0.05, 0.1) is 5.69 Å². The fourth-order valence-electron chi connectivity index (χ4n) is 1.46. The Kier molecular flexibility index (Phi) is 2.61. The van der Waals surface area contributed by atoms with Gasteiger partial charge in [-0.05, 0) is 12.1 Å². The Morgan fingerprint density at radius 1 is 1.35 bits per heavy atom. The molecule has 1 aromatic carbocycles. The molecule has 2 aromatic rings. The van der Waals surface area contributed by atoms with Gasteiger partial charge in [-0.2, -0.15) is 9.78 Å². The highest BCUT2D eigenvalue weighted by atomic mass is 16.3. The third kappa shape index (κ3) is 1.76. The summed E-state index contributed by atoms with van der Waals surface area (Å²) in [6.45, 7) is 0. The number of primary amides is 1. The molecule has 6 nitrogen and oxygen atoms in total. The van der Waals surface area contributed by atoms with Crippen molar-refractivity contribution in [3.05, 3.63) is 41.6 Å². The molecule has 0 aliphatic heterocycles. The fraction of sp³-hybridized carbons (Fsp3) is 0. The van der Waals surface area contributed by atoms with Crippen LogP contribution in [0.25, 0.3) is 5.69 Å². The van der Waals surface area contributed by atoms with Gasteiger partial charge in [-0.25, -0.2) is 0 Å². The lowest BCUT2D eigenvalue weighted by Crippen LogP contribution is -2.14. The monoisotopic (exact) mass is 231 g/mol. The van der Waals surface area contributed by atoms with Crippen LogP contribution in [0.2, 0.25) is 0 Å². The third-order valence-electron chi connectivity index (χ3n) is 2.25. The van der Waals surface area contributed by atoms with Crippen molar-refractivity contribution in [2.24, 2.45) is 5.73 Å². The maximum absolute atomic E-state index is 11.1. The predicted octanol–water partition coefficient (Wildman–Crippen LogP) is 0.489. The number of carbonyl (C=O) groups is 2. The van der Waals surface area contributed by atoms with Gasteiger partial charge in [-0.3, -0.25) is 9.59 Å². The second-order valence-electron chi connectivity index (χ2n) is 3.32. The molecule has 0 unspecified atom stereocenters. The van der Waals surface area contributed by atoms with Crippen LogP contribution in [-0.2, 0) is 0 Å². The van der Waals surface area contributed by atoms with E-state index in [-0.39, 0.29) is 11.3 Å². The number of aromatic nitrogens is 2. The van der Waals surface area contributed by atoms with Gasteiger partial charge in [0.15, 0.2) is 12.0 Å². The van der Waals surface area contributed by atoms with Crippen LogP contribution >= 0.6 is 0 Å². The Morgan fingerprint density at radius 2 is 2.00 bits per heavy atom. The highest BCUT2D eigenvalue weighted by Crippen LogP contribution is 2.22. The van der Waals surface area contributed by atoms with Gasteiger partial charge >= 0.3 is 0 Å². The van der Waals surface area contributed by atoms with Crippen LogP contribution in [-0.4, -0.2) is 27.1 Å². The number of aldehydes is 1. The molecule has 0 aliphatic carbocycles.